The molecule has 1 aliphatic heterocycles. The predicted molar refractivity (Wildman–Crippen MR) is 66.1 cm³/mol. The second-order valence-corrected chi connectivity index (χ2v) is 4.81. The van der Waals surface area contributed by atoms with Crippen molar-refractivity contribution < 1.29 is 9.59 Å². The van der Waals surface area contributed by atoms with Gasteiger partial charge in [0.1, 0.15) is 12.1 Å². The Hall–Kier alpha value is -1.50. The molecule has 94 valence electrons. The van der Waals surface area contributed by atoms with Gasteiger partial charge in [0.2, 0.25) is 11.8 Å². The molecule has 17 heavy (non-hydrogen) atoms. The van der Waals surface area contributed by atoms with Crippen molar-refractivity contribution in [3.05, 3.63) is 0 Å². The largest absolute Gasteiger partial charge is 0.343 e. The van der Waals surface area contributed by atoms with Gasteiger partial charge in [-0.3, -0.25) is 9.59 Å². The Balaban J connectivity index is 3.15. The number of piperazine rings is 1. The summed E-state index contributed by atoms with van der Waals surface area (Å²) in [6.45, 7) is 7.33. The van der Waals surface area contributed by atoms with Crippen LogP contribution in [0, 0.1) is 12.3 Å². The molecule has 1 heterocycles. The van der Waals surface area contributed by atoms with E-state index in [1.165, 1.54) is 0 Å². The minimum atomic E-state index is -0.733. The van der Waals surface area contributed by atoms with E-state index in [1.807, 2.05) is 13.8 Å². The minimum Gasteiger partial charge on any atom is -0.343 e. The first-order valence-corrected chi connectivity index (χ1v) is 6.00. The number of carbonyl (C=O) groups excluding carboxylic acids is 2. The van der Waals surface area contributed by atoms with Crippen LogP contribution in [0.2, 0.25) is 0 Å². The summed E-state index contributed by atoms with van der Waals surface area (Å²) in [5.41, 5.74) is -0.733. The minimum absolute atomic E-state index is 0.0816. The van der Waals surface area contributed by atoms with E-state index in [-0.39, 0.29) is 11.8 Å². The van der Waals surface area contributed by atoms with Gasteiger partial charge in [0.25, 0.3) is 0 Å². The molecular formula is C13H20N2O2. The number of amides is 2. The Morgan fingerprint density at radius 2 is 1.94 bits per heavy atom. The van der Waals surface area contributed by atoms with Gasteiger partial charge in [-0.15, -0.1) is 6.42 Å². The van der Waals surface area contributed by atoms with Crippen LogP contribution in [-0.2, 0) is 9.59 Å². The Morgan fingerprint density at radius 1 is 1.35 bits per heavy atom. The Kier molecular flexibility index (Phi) is 3.82. The molecule has 0 saturated carbocycles. The van der Waals surface area contributed by atoms with Crippen molar-refractivity contribution in [3.8, 4) is 12.3 Å². The second-order valence-electron chi connectivity index (χ2n) is 4.81. The molecule has 2 amide bonds. The Bertz CT molecular complexity index is 368. The van der Waals surface area contributed by atoms with E-state index in [1.54, 1.807) is 18.7 Å². The molecule has 4 heteroatoms. The highest BCUT2D eigenvalue weighted by atomic mass is 16.2. The van der Waals surface area contributed by atoms with Gasteiger partial charge in [-0.2, -0.15) is 0 Å². The molecule has 2 unspecified atom stereocenters. The van der Waals surface area contributed by atoms with Crippen molar-refractivity contribution in [1.82, 2.24) is 10.2 Å². The normalized spacial score (nSPS) is 25.5. The molecule has 2 atom stereocenters. The lowest BCUT2D eigenvalue weighted by atomic mass is 9.94. The van der Waals surface area contributed by atoms with E-state index in [2.05, 4.69) is 11.2 Å². The third kappa shape index (κ3) is 2.28. The number of hydrogen-bond acceptors (Lipinski definition) is 2. The number of carbonyl (C=O) groups is 2. The highest BCUT2D eigenvalue weighted by Crippen LogP contribution is 2.24. The molecule has 4 nitrogen and oxygen atoms in total. The van der Waals surface area contributed by atoms with Crippen LogP contribution in [-0.4, -0.2) is 34.3 Å². The second kappa shape index (κ2) is 4.79. The van der Waals surface area contributed by atoms with Crippen LogP contribution in [0.15, 0.2) is 0 Å². The van der Waals surface area contributed by atoms with Crippen molar-refractivity contribution in [2.75, 3.05) is 0 Å². The summed E-state index contributed by atoms with van der Waals surface area (Å²) in [6.07, 6.45) is 6.62. The van der Waals surface area contributed by atoms with E-state index in [0.717, 1.165) is 0 Å². The van der Waals surface area contributed by atoms with Crippen molar-refractivity contribution in [3.63, 3.8) is 0 Å². The van der Waals surface area contributed by atoms with Gasteiger partial charge in [0.05, 0.1) is 5.54 Å². The summed E-state index contributed by atoms with van der Waals surface area (Å²) in [4.78, 5) is 25.8. The van der Waals surface area contributed by atoms with E-state index >= 15 is 0 Å². The first-order chi connectivity index (χ1) is 7.88. The van der Waals surface area contributed by atoms with Gasteiger partial charge in [-0.1, -0.05) is 19.8 Å². The van der Waals surface area contributed by atoms with Crippen LogP contribution < -0.4 is 5.32 Å². The third-order valence-corrected chi connectivity index (χ3v) is 3.22. The van der Waals surface area contributed by atoms with Crippen molar-refractivity contribution in [1.29, 1.82) is 0 Å². The van der Waals surface area contributed by atoms with Crippen LogP contribution in [0.1, 0.15) is 40.5 Å². The fourth-order valence-electron chi connectivity index (χ4n) is 2.15. The van der Waals surface area contributed by atoms with Gasteiger partial charge in [-0.05, 0) is 26.7 Å². The van der Waals surface area contributed by atoms with Crippen molar-refractivity contribution >= 4 is 11.8 Å². The highest BCUT2D eigenvalue weighted by molar-refractivity contribution is 5.97. The molecule has 0 aromatic rings. The van der Waals surface area contributed by atoms with Gasteiger partial charge < -0.3 is 10.2 Å². The third-order valence-electron chi connectivity index (χ3n) is 3.22. The summed E-state index contributed by atoms with van der Waals surface area (Å²) in [6, 6.07) is -0.908. The summed E-state index contributed by atoms with van der Waals surface area (Å²) in [5, 5.41) is 2.74. The van der Waals surface area contributed by atoms with E-state index in [0.29, 0.717) is 12.8 Å². The first kappa shape index (κ1) is 13.6. The summed E-state index contributed by atoms with van der Waals surface area (Å²) in [5.74, 6) is 2.41. The van der Waals surface area contributed by atoms with Crippen molar-refractivity contribution in [2.24, 2.45) is 0 Å². The standard InChI is InChI=1S/C13H20N2O2/c1-6-9-12(17)15(13(4,5)8-3)10(7-2)11(16)14-9/h3,9-10H,6-7H2,1-2,4-5H3,(H,14,16). The highest BCUT2D eigenvalue weighted by Gasteiger charge is 2.44. The van der Waals surface area contributed by atoms with Crippen LogP contribution in [0.3, 0.4) is 0 Å². The molecule has 1 rings (SSSR count). The van der Waals surface area contributed by atoms with Crippen molar-refractivity contribution in [2.45, 2.75) is 58.2 Å². The molecule has 0 radical (unpaired) electrons. The Labute approximate surface area is 103 Å². The van der Waals surface area contributed by atoms with Gasteiger partial charge in [-0.25, -0.2) is 0 Å². The van der Waals surface area contributed by atoms with Crippen LogP contribution >= 0.6 is 0 Å². The van der Waals surface area contributed by atoms with Gasteiger partial charge in [0, 0.05) is 0 Å². The van der Waals surface area contributed by atoms with Gasteiger partial charge >= 0.3 is 0 Å². The average Bonchev–Trinajstić information content (AvgIpc) is 2.30. The van der Waals surface area contributed by atoms with Crippen LogP contribution in [0.5, 0.6) is 0 Å². The zero-order chi connectivity index (χ0) is 13.2. The zero-order valence-corrected chi connectivity index (χ0v) is 10.9. The summed E-state index contributed by atoms with van der Waals surface area (Å²) in [7, 11) is 0. The monoisotopic (exact) mass is 236 g/mol. The molecule has 1 fully saturated rings. The fourth-order valence-corrected chi connectivity index (χ4v) is 2.15. The molecule has 0 aliphatic carbocycles. The maximum atomic E-state index is 12.3. The smallest absolute Gasteiger partial charge is 0.247 e. The summed E-state index contributed by atoms with van der Waals surface area (Å²) >= 11 is 0. The van der Waals surface area contributed by atoms with Crippen LogP contribution in [0.25, 0.3) is 0 Å². The number of hydrogen-bond donors (Lipinski definition) is 1. The Morgan fingerprint density at radius 3 is 2.35 bits per heavy atom. The molecular weight excluding hydrogens is 216 g/mol. The molecule has 0 spiro atoms. The van der Waals surface area contributed by atoms with E-state index in [9.17, 15) is 9.59 Å². The number of nitrogens with zero attached hydrogens (tertiary/aromatic N) is 1. The number of rotatable bonds is 3. The zero-order valence-electron chi connectivity index (χ0n) is 10.9. The fraction of sp³-hybridized carbons (Fsp3) is 0.692. The predicted octanol–water partition coefficient (Wildman–Crippen LogP) is 0.914. The van der Waals surface area contributed by atoms with Crippen LogP contribution in [0.4, 0.5) is 0 Å². The molecule has 0 bridgehead atoms. The summed E-state index contributed by atoms with van der Waals surface area (Å²) < 4.78 is 0. The van der Waals surface area contributed by atoms with E-state index < -0.39 is 17.6 Å². The lowest BCUT2D eigenvalue weighted by molar-refractivity contribution is -0.153. The maximum Gasteiger partial charge on any atom is 0.247 e. The molecule has 0 aromatic heterocycles. The van der Waals surface area contributed by atoms with Gasteiger partial charge in [0.15, 0.2) is 0 Å². The SMILES string of the molecule is C#CC(C)(C)N1C(=O)C(CC)NC(=O)C1CC. The molecule has 1 saturated heterocycles. The quantitative estimate of drug-likeness (QED) is 0.741. The number of nitrogens with one attached hydrogen (secondary N) is 1. The average molecular weight is 236 g/mol. The lowest BCUT2D eigenvalue weighted by Crippen LogP contribution is -2.67. The van der Waals surface area contributed by atoms with E-state index in [4.69, 9.17) is 6.42 Å². The maximum absolute atomic E-state index is 12.3. The molecule has 1 N–H and O–H groups in total. The lowest BCUT2D eigenvalue weighted by Gasteiger charge is -2.45. The first-order valence-electron chi connectivity index (χ1n) is 6.00. The molecule has 0 aromatic carbocycles. The molecule has 1 aliphatic rings. The number of terminal acetylenes is 1. The topological polar surface area (TPSA) is 49.4 Å².